The normalized spacial score (nSPS) is 20.2. The fourth-order valence-corrected chi connectivity index (χ4v) is 5.22. The maximum atomic E-state index is 8.65. The van der Waals surface area contributed by atoms with E-state index in [4.69, 9.17) is 20.3 Å². The molecule has 7 rings (SSSR count). The summed E-state index contributed by atoms with van der Waals surface area (Å²) in [4.78, 5) is 0. The van der Waals surface area contributed by atoms with E-state index in [1.165, 1.54) is 0 Å². The molecule has 12 nitrogen and oxygen atoms in total. The molecule has 2 atom stereocenters. The van der Waals surface area contributed by atoms with E-state index < -0.39 is 12.2 Å². The van der Waals surface area contributed by atoms with Crippen LogP contribution in [0.3, 0.4) is 0 Å². The zero-order valence-electron chi connectivity index (χ0n) is 26.6. The van der Waals surface area contributed by atoms with Gasteiger partial charge in [0.2, 0.25) is 11.8 Å². The topological polar surface area (TPSA) is 164 Å². The van der Waals surface area contributed by atoms with Gasteiger partial charge in [-0.05, 0) is 59.7 Å². The summed E-state index contributed by atoms with van der Waals surface area (Å²) in [5.41, 5.74) is 18.1. The highest BCUT2D eigenvalue weighted by Gasteiger charge is 2.39. The number of ether oxygens (including phenoxy) is 2. The summed E-state index contributed by atoms with van der Waals surface area (Å²) >= 11 is 0. The Morgan fingerprint density at radius 2 is 0.660 bits per heavy atom. The minimum absolute atomic E-state index is 0.114. The second-order valence-corrected chi connectivity index (χ2v) is 11.1. The Bertz CT molecular complexity index is 1930. The summed E-state index contributed by atoms with van der Waals surface area (Å²) in [6.45, 7) is 0. The summed E-state index contributed by atoms with van der Waals surface area (Å²) in [5.74, 6) is -0.228. The predicted octanol–water partition coefficient (Wildman–Crippen LogP) is 7.66. The Kier molecular flexibility index (Phi) is 9.31. The van der Waals surface area contributed by atoms with E-state index in [0.29, 0.717) is 11.4 Å². The van der Waals surface area contributed by atoms with Crippen LogP contribution in [0, 0.1) is 10.8 Å². The minimum Gasteiger partial charge on any atom is -0.461 e. The van der Waals surface area contributed by atoms with Crippen molar-refractivity contribution < 1.29 is 9.47 Å². The molecule has 0 aliphatic carbocycles. The van der Waals surface area contributed by atoms with Crippen molar-refractivity contribution in [2.24, 2.45) is 20.4 Å². The van der Waals surface area contributed by atoms with Gasteiger partial charge in [-0.1, -0.05) is 97.1 Å². The number of rotatable bonds is 10. The molecule has 50 heavy (non-hydrogen) atoms. The van der Waals surface area contributed by atoms with E-state index in [1.807, 2.05) is 146 Å². The van der Waals surface area contributed by atoms with E-state index >= 15 is 0 Å². The highest BCUT2D eigenvalue weighted by atomic mass is 16.5. The van der Waals surface area contributed by atoms with Gasteiger partial charge in [-0.15, -0.1) is 0 Å². The second kappa shape index (κ2) is 14.8. The van der Waals surface area contributed by atoms with Crippen LogP contribution in [-0.4, -0.2) is 34.6 Å². The van der Waals surface area contributed by atoms with E-state index in [2.05, 4.69) is 42.1 Å². The predicted molar refractivity (Wildman–Crippen MR) is 200 cm³/mol. The molecule has 6 N–H and O–H groups in total. The van der Waals surface area contributed by atoms with Crippen LogP contribution in [0.25, 0.3) is 0 Å². The molecule has 0 unspecified atom stereocenters. The van der Waals surface area contributed by atoms with Crippen molar-refractivity contribution in [3.8, 4) is 0 Å². The molecular weight excluding hydrogens is 628 g/mol. The van der Waals surface area contributed by atoms with E-state index in [0.717, 1.165) is 33.9 Å². The fourth-order valence-electron chi connectivity index (χ4n) is 5.22. The van der Waals surface area contributed by atoms with Gasteiger partial charge < -0.3 is 9.47 Å². The molecule has 12 heteroatoms. The van der Waals surface area contributed by atoms with Gasteiger partial charge in [0.05, 0.1) is 22.7 Å². The number of para-hydroxylation sites is 4. The summed E-state index contributed by atoms with van der Waals surface area (Å²) in [7, 11) is 0. The molecule has 246 valence electrons. The largest absolute Gasteiger partial charge is 0.461 e. The van der Waals surface area contributed by atoms with Crippen LogP contribution in [0.2, 0.25) is 0 Å². The third-order valence-electron chi connectivity index (χ3n) is 7.73. The van der Waals surface area contributed by atoms with Crippen molar-refractivity contribution in [3.05, 3.63) is 157 Å². The van der Waals surface area contributed by atoms with Crippen LogP contribution in [-0.2, 0) is 9.47 Å². The summed E-state index contributed by atoms with van der Waals surface area (Å²) in [6.07, 6.45) is -1.43. The van der Waals surface area contributed by atoms with Crippen LogP contribution >= 0.6 is 0 Å². The van der Waals surface area contributed by atoms with E-state index in [-0.39, 0.29) is 23.2 Å². The first-order valence-electron chi connectivity index (χ1n) is 15.8. The summed E-state index contributed by atoms with van der Waals surface area (Å²) in [6, 6.07) is 45.5. The average molecular weight is 661 g/mol. The van der Waals surface area contributed by atoms with Crippen molar-refractivity contribution in [3.63, 3.8) is 0 Å². The zero-order valence-corrected chi connectivity index (χ0v) is 26.6. The summed E-state index contributed by atoms with van der Waals surface area (Å²) in [5, 5.41) is 35.6. The molecule has 0 aromatic heterocycles. The minimum atomic E-state index is -0.716. The monoisotopic (exact) mass is 660 g/mol. The quantitative estimate of drug-likeness (QED) is 0.0843. The van der Waals surface area contributed by atoms with Crippen LogP contribution < -0.4 is 21.7 Å². The lowest BCUT2D eigenvalue weighted by atomic mass is 9.98. The van der Waals surface area contributed by atoms with E-state index in [9.17, 15) is 0 Å². The fraction of sp³-hybridized carbons (Fsp3) is 0.0526. The number of hydrogen-bond acceptors (Lipinski definition) is 12. The molecule has 2 saturated heterocycles. The number of hydrogen-bond donors (Lipinski definition) is 6. The Labute approximate surface area is 288 Å². The van der Waals surface area contributed by atoms with Crippen LogP contribution in [0.5, 0.6) is 0 Å². The summed E-state index contributed by atoms with van der Waals surface area (Å²) < 4.78 is 12.1. The maximum absolute atomic E-state index is 8.65. The Morgan fingerprint density at radius 1 is 0.380 bits per heavy atom. The van der Waals surface area contributed by atoms with Crippen molar-refractivity contribution in [1.29, 1.82) is 10.8 Å². The van der Waals surface area contributed by atoms with Gasteiger partial charge in [0.25, 0.3) is 0 Å². The molecule has 0 spiro atoms. The van der Waals surface area contributed by atoms with Crippen molar-refractivity contribution in [2.45, 2.75) is 12.2 Å². The number of nitrogens with zero attached hydrogens (tertiary/aromatic N) is 4. The first-order chi connectivity index (χ1) is 24.6. The average Bonchev–Trinajstić information content (AvgIpc) is 3.67. The SMILES string of the molecule is N=C1O[C@H](c2ccc([C@H]3OC(=N)C(=N/Nc4ccccc4)/C3=N\Nc3ccccc3)cc2)C(=N\Nc2ccccc2)/C1=N/Nc1ccccc1. The van der Waals surface area contributed by atoms with Crippen molar-refractivity contribution in [1.82, 2.24) is 0 Å². The molecule has 0 saturated carbocycles. The smallest absolute Gasteiger partial charge is 0.237 e. The zero-order chi connectivity index (χ0) is 34.1. The Balaban J connectivity index is 1.18. The number of nitrogens with one attached hydrogen (secondary N) is 6. The number of anilines is 4. The third-order valence-corrected chi connectivity index (χ3v) is 7.73. The molecular formula is C38H32N10O2. The highest BCUT2D eigenvalue weighted by molar-refractivity contribution is 6.70. The highest BCUT2D eigenvalue weighted by Crippen LogP contribution is 2.32. The molecule has 2 aliphatic rings. The lowest BCUT2D eigenvalue weighted by Crippen LogP contribution is -2.20. The molecule has 0 radical (unpaired) electrons. The first-order valence-corrected chi connectivity index (χ1v) is 15.8. The van der Waals surface area contributed by atoms with Crippen molar-refractivity contribution >= 4 is 57.4 Å². The maximum Gasteiger partial charge on any atom is 0.237 e. The molecule has 5 aromatic carbocycles. The second-order valence-electron chi connectivity index (χ2n) is 11.1. The van der Waals surface area contributed by atoms with Gasteiger partial charge in [0.1, 0.15) is 11.4 Å². The molecule has 2 heterocycles. The van der Waals surface area contributed by atoms with Crippen LogP contribution in [0.15, 0.2) is 166 Å². The van der Waals surface area contributed by atoms with Crippen molar-refractivity contribution in [2.75, 3.05) is 21.7 Å². The van der Waals surface area contributed by atoms with Gasteiger partial charge in [0, 0.05) is 0 Å². The van der Waals surface area contributed by atoms with Gasteiger partial charge in [-0.25, -0.2) is 0 Å². The number of benzene rings is 5. The molecule has 5 aromatic rings. The van der Waals surface area contributed by atoms with Gasteiger partial charge in [0.15, 0.2) is 23.6 Å². The standard InChI is InChI=1S/C38H32N10O2/c39-37-33(47-43-29-17-9-3-10-18-29)31(45-41-27-13-5-1-6-14-27)35(49-37)25-21-23-26(24-22-25)36-32(46-42-28-15-7-2-8-16-28)34(38(40)50-36)48-44-30-19-11-4-12-20-30/h1-24,35-36,39-44H/b39-37?,40-38?,45-31-,46-32+,47-33-,48-34+/t35-,36-/m1/s1. The lowest BCUT2D eigenvalue weighted by molar-refractivity contribution is 0.271. The molecule has 2 fully saturated rings. The van der Waals surface area contributed by atoms with Gasteiger partial charge >= 0.3 is 0 Å². The van der Waals surface area contributed by atoms with Crippen LogP contribution in [0.4, 0.5) is 22.7 Å². The van der Waals surface area contributed by atoms with E-state index in [1.54, 1.807) is 0 Å². The molecule has 2 aliphatic heterocycles. The van der Waals surface area contributed by atoms with Crippen LogP contribution in [0.1, 0.15) is 23.3 Å². The third kappa shape index (κ3) is 7.24. The van der Waals surface area contributed by atoms with Gasteiger partial charge in [-0.3, -0.25) is 32.5 Å². The lowest BCUT2D eigenvalue weighted by Gasteiger charge is -2.14. The number of hydrazone groups is 4. The molecule has 0 bridgehead atoms. The first kappa shape index (κ1) is 31.5. The Morgan fingerprint density at radius 3 is 0.960 bits per heavy atom. The molecule has 0 amide bonds. The Hall–Kier alpha value is -7.08. The van der Waals surface area contributed by atoms with Gasteiger partial charge in [-0.2, -0.15) is 20.4 Å².